The zero-order chi connectivity index (χ0) is 10.5. The summed E-state index contributed by atoms with van der Waals surface area (Å²) >= 11 is 0. The van der Waals surface area contributed by atoms with E-state index in [4.69, 9.17) is 0 Å². The number of pyridine rings is 1. The van der Waals surface area contributed by atoms with Gasteiger partial charge in [-0.25, -0.2) is 4.98 Å². The molecule has 0 unspecified atom stereocenters. The van der Waals surface area contributed by atoms with E-state index < -0.39 is 0 Å². The summed E-state index contributed by atoms with van der Waals surface area (Å²) in [4.78, 5) is 9.10. The lowest BCUT2D eigenvalue weighted by atomic mass is 10.3. The summed E-state index contributed by atoms with van der Waals surface area (Å²) in [5.74, 6) is 1.09. The molecule has 2 heterocycles. The van der Waals surface area contributed by atoms with Gasteiger partial charge in [-0.1, -0.05) is 12.1 Å². The van der Waals surface area contributed by atoms with Crippen molar-refractivity contribution < 1.29 is 0 Å². The average Bonchev–Trinajstić information content (AvgIpc) is 2.32. The van der Waals surface area contributed by atoms with Crippen LogP contribution in [0.25, 0.3) is 0 Å². The van der Waals surface area contributed by atoms with Crippen LogP contribution in [-0.2, 0) is 0 Å². The van der Waals surface area contributed by atoms with Gasteiger partial charge in [0.05, 0.1) is 0 Å². The molecule has 1 fully saturated rings. The van der Waals surface area contributed by atoms with Crippen molar-refractivity contribution in [3.63, 3.8) is 0 Å². The van der Waals surface area contributed by atoms with E-state index in [-0.39, 0.29) is 0 Å². The number of hydrogen-bond acceptors (Lipinski definition) is 3. The molecule has 1 aliphatic rings. The van der Waals surface area contributed by atoms with E-state index in [0.29, 0.717) is 0 Å². The van der Waals surface area contributed by atoms with Gasteiger partial charge in [-0.05, 0) is 12.1 Å². The Hall–Kier alpha value is -1.35. The van der Waals surface area contributed by atoms with Crippen LogP contribution >= 0.6 is 0 Å². The van der Waals surface area contributed by atoms with Gasteiger partial charge in [0.2, 0.25) is 0 Å². The van der Waals surface area contributed by atoms with E-state index in [9.17, 15) is 0 Å². The maximum Gasteiger partial charge on any atom is 0.128 e. The largest absolute Gasteiger partial charge is 0.354 e. The van der Waals surface area contributed by atoms with Crippen molar-refractivity contribution in [2.75, 3.05) is 37.6 Å². The molecule has 0 amide bonds. The van der Waals surface area contributed by atoms with Crippen molar-refractivity contribution in [3.05, 3.63) is 37.1 Å². The Bertz CT molecular complexity index is 302. The Morgan fingerprint density at radius 3 is 2.67 bits per heavy atom. The van der Waals surface area contributed by atoms with E-state index in [1.54, 1.807) is 0 Å². The number of anilines is 1. The molecule has 80 valence electrons. The van der Waals surface area contributed by atoms with Crippen LogP contribution in [0.2, 0.25) is 0 Å². The van der Waals surface area contributed by atoms with E-state index >= 15 is 0 Å². The van der Waals surface area contributed by atoms with Crippen molar-refractivity contribution in [3.8, 4) is 0 Å². The minimum Gasteiger partial charge on any atom is -0.354 e. The number of aromatic nitrogens is 1. The zero-order valence-corrected chi connectivity index (χ0v) is 8.97. The molecule has 0 atom stereocenters. The highest BCUT2D eigenvalue weighted by Gasteiger charge is 2.16. The molecule has 3 nitrogen and oxygen atoms in total. The summed E-state index contributed by atoms with van der Waals surface area (Å²) in [5, 5.41) is 0. The fourth-order valence-corrected chi connectivity index (χ4v) is 1.88. The van der Waals surface area contributed by atoms with Gasteiger partial charge < -0.3 is 4.90 Å². The maximum atomic E-state index is 4.36. The molecule has 0 N–H and O–H groups in total. The topological polar surface area (TPSA) is 19.4 Å². The third kappa shape index (κ3) is 2.57. The highest BCUT2D eigenvalue weighted by atomic mass is 15.3. The van der Waals surface area contributed by atoms with Gasteiger partial charge >= 0.3 is 0 Å². The Balaban J connectivity index is 1.91. The lowest BCUT2D eigenvalue weighted by molar-refractivity contribution is 0.283. The molecule has 1 aliphatic heterocycles. The summed E-state index contributed by atoms with van der Waals surface area (Å²) in [6.07, 6.45) is 3.82. The minimum absolute atomic E-state index is 0.996. The molecular weight excluding hydrogens is 186 g/mol. The molecule has 1 aromatic rings. The Kier molecular flexibility index (Phi) is 3.35. The van der Waals surface area contributed by atoms with Gasteiger partial charge in [-0.3, -0.25) is 4.90 Å². The third-order valence-electron chi connectivity index (χ3n) is 2.73. The molecule has 0 saturated carbocycles. The van der Waals surface area contributed by atoms with Crippen LogP contribution in [0.15, 0.2) is 37.1 Å². The molecule has 3 heteroatoms. The molecule has 1 aromatic heterocycles. The molecule has 2 rings (SSSR count). The lowest BCUT2D eigenvalue weighted by Gasteiger charge is -2.34. The fraction of sp³-hybridized carbons (Fsp3) is 0.417. The van der Waals surface area contributed by atoms with Crippen LogP contribution in [0.4, 0.5) is 5.82 Å². The first kappa shape index (κ1) is 10.2. The summed E-state index contributed by atoms with van der Waals surface area (Å²) in [6.45, 7) is 9.08. The van der Waals surface area contributed by atoms with Gasteiger partial charge in [0.25, 0.3) is 0 Å². The van der Waals surface area contributed by atoms with Crippen LogP contribution in [0, 0.1) is 0 Å². The van der Waals surface area contributed by atoms with Gasteiger partial charge in [0, 0.05) is 38.9 Å². The highest BCUT2D eigenvalue weighted by Crippen LogP contribution is 2.11. The van der Waals surface area contributed by atoms with Crippen molar-refractivity contribution in [1.29, 1.82) is 0 Å². The van der Waals surface area contributed by atoms with Crippen LogP contribution in [-0.4, -0.2) is 42.6 Å². The second-order valence-electron chi connectivity index (χ2n) is 3.76. The van der Waals surface area contributed by atoms with E-state index in [0.717, 1.165) is 38.5 Å². The third-order valence-corrected chi connectivity index (χ3v) is 2.73. The maximum absolute atomic E-state index is 4.36. The number of nitrogens with zero attached hydrogens (tertiary/aromatic N) is 3. The Labute approximate surface area is 91.0 Å². The predicted molar refractivity (Wildman–Crippen MR) is 63.1 cm³/mol. The quantitative estimate of drug-likeness (QED) is 0.692. The van der Waals surface area contributed by atoms with Gasteiger partial charge in [-0.2, -0.15) is 0 Å². The minimum atomic E-state index is 0.996. The number of hydrogen-bond donors (Lipinski definition) is 0. The highest BCUT2D eigenvalue weighted by molar-refractivity contribution is 5.38. The zero-order valence-electron chi connectivity index (χ0n) is 8.97. The SMILES string of the molecule is C=CCN1CCN(c2ccccn2)CC1. The van der Waals surface area contributed by atoms with Crippen LogP contribution in [0.1, 0.15) is 0 Å². The molecule has 0 bridgehead atoms. The second kappa shape index (κ2) is 4.94. The van der Waals surface area contributed by atoms with Crippen molar-refractivity contribution in [2.24, 2.45) is 0 Å². The first-order valence-electron chi connectivity index (χ1n) is 5.39. The Morgan fingerprint density at radius 1 is 1.27 bits per heavy atom. The van der Waals surface area contributed by atoms with E-state index in [2.05, 4.69) is 27.4 Å². The fourth-order valence-electron chi connectivity index (χ4n) is 1.88. The average molecular weight is 203 g/mol. The molecule has 1 saturated heterocycles. The molecule has 0 spiro atoms. The van der Waals surface area contributed by atoms with Gasteiger partial charge in [0.1, 0.15) is 5.82 Å². The normalized spacial score (nSPS) is 17.7. The van der Waals surface area contributed by atoms with Crippen LogP contribution < -0.4 is 4.90 Å². The molecule has 15 heavy (non-hydrogen) atoms. The summed E-state index contributed by atoms with van der Waals surface area (Å²) in [6, 6.07) is 6.07. The van der Waals surface area contributed by atoms with Gasteiger partial charge in [0.15, 0.2) is 0 Å². The number of rotatable bonds is 3. The van der Waals surface area contributed by atoms with Crippen LogP contribution in [0.5, 0.6) is 0 Å². The molecule has 0 aromatic carbocycles. The van der Waals surface area contributed by atoms with E-state index in [1.807, 2.05) is 24.4 Å². The second-order valence-corrected chi connectivity index (χ2v) is 3.76. The summed E-state index contributed by atoms with van der Waals surface area (Å²) in [7, 11) is 0. The standard InChI is InChI=1S/C12H17N3/c1-2-7-14-8-10-15(11-9-14)12-5-3-4-6-13-12/h2-6H,1,7-11H2. The van der Waals surface area contributed by atoms with Crippen molar-refractivity contribution in [1.82, 2.24) is 9.88 Å². The lowest BCUT2D eigenvalue weighted by Crippen LogP contribution is -2.46. The van der Waals surface area contributed by atoms with E-state index in [1.165, 1.54) is 0 Å². The van der Waals surface area contributed by atoms with Crippen molar-refractivity contribution in [2.45, 2.75) is 0 Å². The summed E-state index contributed by atoms with van der Waals surface area (Å²) in [5.41, 5.74) is 0. The van der Waals surface area contributed by atoms with Crippen molar-refractivity contribution >= 4 is 5.82 Å². The summed E-state index contributed by atoms with van der Waals surface area (Å²) < 4.78 is 0. The Morgan fingerprint density at radius 2 is 2.07 bits per heavy atom. The molecule has 0 aliphatic carbocycles. The smallest absolute Gasteiger partial charge is 0.128 e. The first-order chi connectivity index (χ1) is 7.40. The number of piperazine rings is 1. The van der Waals surface area contributed by atoms with Gasteiger partial charge in [-0.15, -0.1) is 6.58 Å². The molecule has 0 radical (unpaired) electrons. The molecular formula is C12H17N3. The predicted octanol–water partition coefficient (Wildman–Crippen LogP) is 1.39. The van der Waals surface area contributed by atoms with Crippen LogP contribution in [0.3, 0.4) is 0 Å². The monoisotopic (exact) mass is 203 g/mol. The first-order valence-corrected chi connectivity index (χ1v) is 5.39.